The maximum atomic E-state index is 4.68. The van der Waals surface area contributed by atoms with Gasteiger partial charge in [-0.1, -0.05) is 0 Å². The molecule has 4 nitrogen and oxygen atoms in total. The Morgan fingerprint density at radius 1 is 1.28 bits per heavy atom. The largest absolute Gasteiger partial charge is 0.316 e. The molecule has 100 valence electrons. The topological polar surface area (TPSA) is 33.1 Å². The summed E-state index contributed by atoms with van der Waals surface area (Å²) in [6, 6.07) is 0.615. The molecule has 2 fully saturated rings. The van der Waals surface area contributed by atoms with Gasteiger partial charge in [-0.25, -0.2) is 0 Å². The second-order valence-corrected chi connectivity index (χ2v) is 5.85. The van der Waals surface area contributed by atoms with Crippen molar-refractivity contribution in [3.63, 3.8) is 0 Å². The molecule has 3 heterocycles. The summed E-state index contributed by atoms with van der Waals surface area (Å²) < 4.78 is 2.29. The highest BCUT2D eigenvalue weighted by molar-refractivity contribution is 5.23. The van der Waals surface area contributed by atoms with Gasteiger partial charge in [-0.3, -0.25) is 4.68 Å². The highest BCUT2D eigenvalue weighted by Gasteiger charge is 2.25. The fourth-order valence-electron chi connectivity index (χ4n) is 3.37. The van der Waals surface area contributed by atoms with Gasteiger partial charge in [0.2, 0.25) is 0 Å². The molecule has 0 aliphatic carbocycles. The molecule has 2 aliphatic heterocycles. The maximum absolute atomic E-state index is 4.68. The summed E-state index contributed by atoms with van der Waals surface area (Å²) in [5, 5.41) is 8.13. The average Bonchev–Trinajstić information content (AvgIpc) is 2.99. The average molecular weight is 248 g/mol. The molecule has 0 saturated carbocycles. The first-order valence-corrected chi connectivity index (χ1v) is 7.19. The molecule has 0 amide bonds. The van der Waals surface area contributed by atoms with Gasteiger partial charge in [-0.2, -0.15) is 5.10 Å². The first kappa shape index (κ1) is 12.2. The summed E-state index contributed by atoms with van der Waals surface area (Å²) in [6.07, 6.45) is 5.86. The SMILES string of the molecule is Cc1c(C2CCNC2)cnn1C1CCN(C)CC1. The van der Waals surface area contributed by atoms with E-state index < -0.39 is 0 Å². The standard InChI is InChI=1S/C14H24N4/c1-11-14(12-3-6-15-9-12)10-16-18(11)13-4-7-17(2)8-5-13/h10,12-13,15H,3-9H2,1-2H3. The van der Waals surface area contributed by atoms with E-state index in [1.54, 1.807) is 0 Å². The molecule has 2 aliphatic rings. The first-order valence-electron chi connectivity index (χ1n) is 7.19. The molecule has 0 bridgehead atoms. The zero-order valence-corrected chi connectivity index (χ0v) is 11.5. The number of piperidine rings is 1. The maximum Gasteiger partial charge on any atom is 0.0546 e. The predicted octanol–water partition coefficient (Wildman–Crippen LogP) is 1.54. The fourth-order valence-corrected chi connectivity index (χ4v) is 3.37. The number of rotatable bonds is 2. The minimum absolute atomic E-state index is 0.615. The van der Waals surface area contributed by atoms with Crippen molar-refractivity contribution >= 4 is 0 Å². The van der Waals surface area contributed by atoms with E-state index in [1.165, 1.54) is 43.6 Å². The molecule has 2 saturated heterocycles. The van der Waals surface area contributed by atoms with Crippen molar-refractivity contribution in [3.8, 4) is 0 Å². The van der Waals surface area contributed by atoms with Crippen molar-refractivity contribution in [2.75, 3.05) is 33.2 Å². The summed E-state index contributed by atoms with van der Waals surface area (Å²) in [5.74, 6) is 0.685. The Morgan fingerprint density at radius 3 is 2.72 bits per heavy atom. The van der Waals surface area contributed by atoms with Crippen molar-refractivity contribution < 1.29 is 0 Å². The lowest BCUT2D eigenvalue weighted by atomic mass is 9.99. The second kappa shape index (κ2) is 5.02. The van der Waals surface area contributed by atoms with Crippen molar-refractivity contribution in [2.24, 2.45) is 0 Å². The fraction of sp³-hybridized carbons (Fsp3) is 0.786. The monoisotopic (exact) mass is 248 g/mol. The third-order valence-corrected chi connectivity index (χ3v) is 4.62. The zero-order valence-electron chi connectivity index (χ0n) is 11.5. The van der Waals surface area contributed by atoms with Crippen LogP contribution in [-0.2, 0) is 0 Å². The van der Waals surface area contributed by atoms with Crippen LogP contribution in [0.3, 0.4) is 0 Å². The molecule has 18 heavy (non-hydrogen) atoms. The molecule has 0 spiro atoms. The summed E-state index contributed by atoms with van der Waals surface area (Å²) in [4.78, 5) is 2.41. The molecule has 1 aromatic rings. The molecule has 1 atom stereocenters. The van der Waals surface area contributed by atoms with Crippen LogP contribution in [0.1, 0.15) is 42.5 Å². The summed E-state index contributed by atoms with van der Waals surface area (Å²) in [7, 11) is 2.21. The van der Waals surface area contributed by atoms with Gasteiger partial charge in [-0.05, 0) is 58.4 Å². The van der Waals surface area contributed by atoms with E-state index in [2.05, 4.69) is 40.2 Å². The van der Waals surface area contributed by atoms with Gasteiger partial charge in [0.05, 0.1) is 12.2 Å². The van der Waals surface area contributed by atoms with Crippen molar-refractivity contribution in [1.82, 2.24) is 20.0 Å². The highest BCUT2D eigenvalue weighted by Crippen LogP contribution is 2.29. The molecular weight excluding hydrogens is 224 g/mol. The van der Waals surface area contributed by atoms with Crippen molar-refractivity contribution in [3.05, 3.63) is 17.5 Å². The van der Waals surface area contributed by atoms with Crippen LogP contribution >= 0.6 is 0 Å². The van der Waals surface area contributed by atoms with E-state index in [9.17, 15) is 0 Å². The molecule has 4 heteroatoms. The van der Waals surface area contributed by atoms with Gasteiger partial charge >= 0.3 is 0 Å². The predicted molar refractivity (Wildman–Crippen MR) is 73.0 cm³/mol. The van der Waals surface area contributed by atoms with E-state index in [1.807, 2.05) is 0 Å². The third kappa shape index (κ3) is 2.19. The zero-order chi connectivity index (χ0) is 12.5. The molecule has 1 unspecified atom stereocenters. The van der Waals surface area contributed by atoms with Crippen LogP contribution in [0.25, 0.3) is 0 Å². The highest BCUT2D eigenvalue weighted by atomic mass is 15.3. The Labute approximate surface area is 109 Å². The lowest BCUT2D eigenvalue weighted by Gasteiger charge is -2.30. The number of hydrogen-bond donors (Lipinski definition) is 1. The Hall–Kier alpha value is -0.870. The minimum atomic E-state index is 0.615. The lowest BCUT2D eigenvalue weighted by Crippen LogP contribution is -2.32. The third-order valence-electron chi connectivity index (χ3n) is 4.62. The van der Waals surface area contributed by atoms with E-state index in [4.69, 9.17) is 0 Å². The van der Waals surface area contributed by atoms with Crippen LogP contribution in [0.5, 0.6) is 0 Å². The van der Waals surface area contributed by atoms with E-state index >= 15 is 0 Å². The van der Waals surface area contributed by atoms with Gasteiger partial charge < -0.3 is 10.2 Å². The first-order chi connectivity index (χ1) is 8.75. The molecule has 1 aromatic heterocycles. The van der Waals surface area contributed by atoms with Crippen LogP contribution in [0.15, 0.2) is 6.20 Å². The van der Waals surface area contributed by atoms with Crippen LogP contribution in [0.4, 0.5) is 0 Å². The van der Waals surface area contributed by atoms with Crippen LogP contribution in [0, 0.1) is 6.92 Å². The van der Waals surface area contributed by atoms with E-state index in [0.717, 1.165) is 13.1 Å². The molecule has 1 N–H and O–H groups in total. The van der Waals surface area contributed by atoms with Gasteiger partial charge in [0, 0.05) is 18.2 Å². The van der Waals surface area contributed by atoms with Crippen LogP contribution < -0.4 is 5.32 Å². The van der Waals surface area contributed by atoms with Crippen LogP contribution in [0.2, 0.25) is 0 Å². The molecular formula is C14H24N4. The van der Waals surface area contributed by atoms with E-state index in [-0.39, 0.29) is 0 Å². The van der Waals surface area contributed by atoms with Crippen molar-refractivity contribution in [2.45, 2.75) is 38.1 Å². The lowest BCUT2D eigenvalue weighted by molar-refractivity contribution is 0.210. The van der Waals surface area contributed by atoms with E-state index in [0.29, 0.717) is 12.0 Å². The summed E-state index contributed by atoms with van der Waals surface area (Å²) in [5.41, 5.74) is 2.87. The Bertz CT molecular complexity index is 398. The molecule has 0 radical (unpaired) electrons. The Kier molecular flexibility index (Phi) is 3.39. The quantitative estimate of drug-likeness (QED) is 0.862. The second-order valence-electron chi connectivity index (χ2n) is 5.85. The number of nitrogens with one attached hydrogen (secondary N) is 1. The number of aromatic nitrogens is 2. The van der Waals surface area contributed by atoms with Gasteiger partial charge in [0.25, 0.3) is 0 Å². The van der Waals surface area contributed by atoms with Crippen LogP contribution in [-0.4, -0.2) is 47.9 Å². The number of hydrogen-bond acceptors (Lipinski definition) is 3. The summed E-state index contributed by atoms with van der Waals surface area (Å²) >= 11 is 0. The number of likely N-dealkylation sites (tertiary alicyclic amines) is 1. The summed E-state index contributed by atoms with van der Waals surface area (Å²) in [6.45, 7) is 6.93. The van der Waals surface area contributed by atoms with Gasteiger partial charge in [0.1, 0.15) is 0 Å². The van der Waals surface area contributed by atoms with Gasteiger partial charge in [0.15, 0.2) is 0 Å². The Balaban J connectivity index is 1.76. The molecule has 0 aromatic carbocycles. The minimum Gasteiger partial charge on any atom is -0.316 e. The smallest absolute Gasteiger partial charge is 0.0546 e. The van der Waals surface area contributed by atoms with Crippen molar-refractivity contribution in [1.29, 1.82) is 0 Å². The normalized spacial score (nSPS) is 26.9. The van der Waals surface area contributed by atoms with Gasteiger partial charge in [-0.15, -0.1) is 0 Å². The number of nitrogens with zero attached hydrogens (tertiary/aromatic N) is 3. The molecule has 3 rings (SSSR count). The Morgan fingerprint density at radius 2 is 2.06 bits per heavy atom.